The summed E-state index contributed by atoms with van der Waals surface area (Å²) < 4.78 is 1.01. The Morgan fingerprint density at radius 3 is 2.42 bits per heavy atom. The third-order valence-corrected chi connectivity index (χ3v) is 5.00. The van der Waals surface area contributed by atoms with Crippen LogP contribution in [-0.2, 0) is 6.42 Å². The van der Waals surface area contributed by atoms with Crippen LogP contribution in [0.2, 0.25) is 15.1 Å². The van der Waals surface area contributed by atoms with Crippen LogP contribution in [0.3, 0.4) is 0 Å². The van der Waals surface area contributed by atoms with E-state index < -0.39 is 0 Å². The molecule has 0 heterocycles. The molecule has 0 aromatic heterocycles. The lowest BCUT2D eigenvalue weighted by molar-refractivity contribution is 0.722. The molecule has 0 saturated carbocycles. The normalized spacial score (nSPS) is 12.5. The lowest BCUT2D eigenvalue weighted by atomic mass is 10.00. The molecule has 0 spiro atoms. The van der Waals surface area contributed by atoms with Gasteiger partial charge in [0.1, 0.15) is 0 Å². The highest BCUT2D eigenvalue weighted by Crippen LogP contribution is 2.27. The molecule has 2 rings (SSSR count). The van der Waals surface area contributed by atoms with Crippen molar-refractivity contribution in [3.05, 3.63) is 66.2 Å². The molecule has 5 heteroatoms. The lowest BCUT2D eigenvalue weighted by Crippen LogP contribution is -2.13. The zero-order chi connectivity index (χ0) is 14.0. The summed E-state index contributed by atoms with van der Waals surface area (Å²) in [5.74, 6) is 0. The first kappa shape index (κ1) is 15.4. The smallest absolute Gasteiger partial charge is 0.0542 e. The SMILES string of the molecule is NC(Cc1cc(Cl)ccc1Cl)c1ccc(I)c(Cl)c1. The van der Waals surface area contributed by atoms with Crippen LogP contribution >= 0.6 is 57.4 Å². The Labute approximate surface area is 141 Å². The van der Waals surface area contributed by atoms with Crippen molar-refractivity contribution in [1.82, 2.24) is 0 Å². The van der Waals surface area contributed by atoms with Crippen molar-refractivity contribution in [2.75, 3.05) is 0 Å². The molecular weight excluding hydrogens is 415 g/mol. The summed E-state index contributed by atoms with van der Waals surface area (Å²) in [6.07, 6.45) is 0.621. The molecule has 2 aromatic carbocycles. The van der Waals surface area contributed by atoms with Gasteiger partial charge in [-0.05, 0) is 70.5 Å². The van der Waals surface area contributed by atoms with E-state index in [-0.39, 0.29) is 6.04 Å². The van der Waals surface area contributed by atoms with E-state index in [0.717, 1.165) is 14.7 Å². The minimum Gasteiger partial charge on any atom is -0.324 e. The van der Waals surface area contributed by atoms with Crippen LogP contribution in [0, 0.1) is 3.57 Å². The Morgan fingerprint density at radius 1 is 1.00 bits per heavy atom. The van der Waals surface area contributed by atoms with Crippen molar-refractivity contribution in [2.24, 2.45) is 5.73 Å². The molecule has 19 heavy (non-hydrogen) atoms. The molecule has 0 fully saturated rings. The molecule has 0 aliphatic heterocycles. The van der Waals surface area contributed by atoms with Crippen molar-refractivity contribution in [2.45, 2.75) is 12.5 Å². The fraction of sp³-hybridized carbons (Fsp3) is 0.143. The molecular formula is C14H11Cl3IN. The highest BCUT2D eigenvalue weighted by atomic mass is 127. The zero-order valence-corrected chi connectivity index (χ0v) is 14.3. The van der Waals surface area contributed by atoms with Gasteiger partial charge >= 0.3 is 0 Å². The van der Waals surface area contributed by atoms with Crippen molar-refractivity contribution in [1.29, 1.82) is 0 Å². The molecule has 100 valence electrons. The summed E-state index contributed by atoms with van der Waals surface area (Å²) in [4.78, 5) is 0. The number of halogens is 4. The first-order chi connectivity index (χ1) is 8.97. The van der Waals surface area contributed by atoms with Crippen molar-refractivity contribution in [3.8, 4) is 0 Å². The van der Waals surface area contributed by atoms with Gasteiger partial charge in [0, 0.05) is 19.7 Å². The van der Waals surface area contributed by atoms with E-state index in [2.05, 4.69) is 22.6 Å². The maximum atomic E-state index is 6.20. The molecule has 0 saturated heterocycles. The number of hydrogen-bond acceptors (Lipinski definition) is 1. The van der Waals surface area contributed by atoms with E-state index in [0.29, 0.717) is 21.5 Å². The minimum absolute atomic E-state index is 0.162. The van der Waals surface area contributed by atoms with Crippen LogP contribution < -0.4 is 5.73 Å². The van der Waals surface area contributed by atoms with Crippen LogP contribution in [0.15, 0.2) is 36.4 Å². The van der Waals surface area contributed by atoms with Crippen LogP contribution in [0.4, 0.5) is 0 Å². The van der Waals surface area contributed by atoms with E-state index in [4.69, 9.17) is 40.5 Å². The monoisotopic (exact) mass is 425 g/mol. The maximum Gasteiger partial charge on any atom is 0.0542 e. The summed E-state index contributed by atoms with van der Waals surface area (Å²) in [6.45, 7) is 0. The number of rotatable bonds is 3. The summed E-state index contributed by atoms with van der Waals surface area (Å²) in [6, 6.07) is 11.1. The van der Waals surface area contributed by atoms with Crippen molar-refractivity contribution in [3.63, 3.8) is 0 Å². The van der Waals surface area contributed by atoms with Gasteiger partial charge in [0.2, 0.25) is 0 Å². The van der Waals surface area contributed by atoms with Gasteiger partial charge in [-0.25, -0.2) is 0 Å². The molecule has 2 N–H and O–H groups in total. The molecule has 2 aromatic rings. The fourth-order valence-electron chi connectivity index (χ4n) is 1.80. The first-order valence-corrected chi connectivity index (χ1v) is 7.83. The Hall–Kier alpha value is -0.0000000000000000555. The average Bonchev–Trinajstić information content (AvgIpc) is 2.37. The van der Waals surface area contributed by atoms with Crippen molar-refractivity contribution >= 4 is 57.4 Å². The number of nitrogens with two attached hydrogens (primary N) is 1. The van der Waals surface area contributed by atoms with E-state index in [1.54, 1.807) is 12.1 Å². The molecule has 0 radical (unpaired) electrons. The summed E-state index contributed by atoms with van der Waals surface area (Å²) in [7, 11) is 0. The third kappa shape index (κ3) is 3.99. The highest BCUT2D eigenvalue weighted by molar-refractivity contribution is 14.1. The summed E-state index contributed by atoms with van der Waals surface area (Å²) >= 11 is 20.4. The second kappa shape index (κ2) is 6.64. The second-order valence-corrected chi connectivity index (χ2v) is 6.63. The minimum atomic E-state index is -0.162. The average molecular weight is 427 g/mol. The molecule has 1 unspecified atom stereocenters. The molecule has 0 aliphatic rings. The second-order valence-electron chi connectivity index (χ2n) is 4.22. The standard InChI is InChI=1S/C14H11Cl3IN/c15-10-2-3-11(16)9(5-10)7-14(19)8-1-4-13(18)12(17)6-8/h1-6,14H,7,19H2. The Bertz CT molecular complexity index is 601. The topological polar surface area (TPSA) is 26.0 Å². The maximum absolute atomic E-state index is 6.20. The predicted molar refractivity (Wildman–Crippen MR) is 91.3 cm³/mol. The van der Waals surface area contributed by atoms with Crippen LogP contribution in [-0.4, -0.2) is 0 Å². The van der Waals surface area contributed by atoms with Gasteiger partial charge < -0.3 is 5.73 Å². The Kier molecular flexibility index (Phi) is 5.37. The highest BCUT2D eigenvalue weighted by Gasteiger charge is 2.11. The van der Waals surface area contributed by atoms with E-state index in [9.17, 15) is 0 Å². The molecule has 1 atom stereocenters. The van der Waals surface area contributed by atoms with Gasteiger partial charge in [0.15, 0.2) is 0 Å². The fourth-order valence-corrected chi connectivity index (χ4v) is 2.71. The Balaban J connectivity index is 2.22. The van der Waals surface area contributed by atoms with Crippen LogP contribution in [0.25, 0.3) is 0 Å². The van der Waals surface area contributed by atoms with Crippen molar-refractivity contribution < 1.29 is 0 Å². The van der Waals surface area contributed by atoms with Crippen LogP contribution in [0.1, 0.15) is 17.2 Å². The third-order valence-electron chi connectivity index (χ3n) is 2.82. The molecule has 1 nitrogen and oxygen atoms in total. The Morgan fingerprint density at radius 2 is 1.74 bits per heavy atom. The first-order valence-electron chi connectivity index (χ1n) is 5.62. The molecule has 0 amide bonds. The van der Waals surface area contributed by atoms with Gasteiger partial charge in [0.25, 0.3) is 0 Å². The number of benzene rings is 2. The predicted octanol–water partition coefficient (Wildman–Crippen LogP) is 5.49. The van der Waals surface area contributed by atoms with E-state index in [1.807, 2.05) is 24.3 Å². The lowest BCUT2D eigenvalue weighted by Gasteiger charge is -2.14. The van der Waals surface area contributed by atoms with E-state index in [1.165, 1.54) is 0 Å². The molecule has 0 bridgehead atoms. The number of hydrogen-bond donors (Lipinski definition) is 1. The van der Waals surface area contributed by atoms with Gasteiger partial charge in [-0.2, -0.15) is 0 Å². The summed E-state index contributed by atoms with van der Waals surface area (Å²) in [5, 5.41) is 2.05. The quantitative estimate of drug-likeness (QED) is 0.645. The van der Waals surface area contributed by atoms with E-state index >= 15 is 0 Å². The van der Waals surface area contributed by atoms with Gasteiger partial charge in [0.05, 0.1) is 5.02 Å². The van der Waals surface area contributed by atoms with Gasteiger partial charge in [-0.15, -0.1) is 0 Å². The van der Waals surface area contributed by atoms with Gasteiger partial charge in [-0.3, -0.25) is 0 Å². The molecule has 0 aliphatic carbocycles. The van der Waals surface area contributed by atoms with Gasteiger partial charge in [-0.1, -0.05) is 40.9 Å². The summed E-state index contributed by atoms with van der Waals surface area (Å²) in [5.41, 5.74) is 8.13. The largest absolute Gasteiger partial charge is 0.324 e. The van der Waals surface area contributed by atoms with Crippen LogP contribution in [0.5, 0.6) is 0 Å². The zero-order valence-electron chi connectivity index (χ0n) is 9.84.